The van der Waals surface area contributed by atoms with Crippen LogP contribution < -0.4 is 14.8 Å². The molecule has 1 aliphatic rings. The molecule has 9 heteroatoms. The van der Waals surface area contributed by atoms with E-state index in [9.17, 15) is 14.4 Å². The van der Waals surface area contributed by atoms with Crippen molar-refractivity contribution in [1.82, 2.24) is 4.90 Å². The van der Waals surface area contributed by atoms with Gasteiger partial charge in [0.25, 0.3) is 11.1 Å². The minimum atomic E-state index is -0.523. The molecule has 0 aliphatic carbocycles. The predicted molar refractivity (Wildman–Crippen MR) is 121 cm³/mol. The maximum Gasteiger partial charge on any atom is 0.294 e. The Bertz CT molecular complexity index is 1050. The van der Waals surface area contributed by atoms with Crippen LogP contribution in [-0.2, 0) is 9.59 Å². The van der Waals surface area contributed by atoms with Gasteiger partial charge in [0.2, 0.25) is 5.91 Å². The van der Waals surface area contributed by atoms with Gasteiger partial charge in [-0.2, -0.15) is 0 Å². The first-order valence-electron chi connectivity index (χ1n) is 9.14. The molecule has 0 spiro atoms. The zero-order valence-electron chi connectivity index (χ0n) is 16.6. The van der Waals surface area contributed by atoms with E-state index in [-0.39, 0.29) is 4.91 Å². The average Bonchev–Trinajstić information content (AvgIpc) is 3.00. The van der Waals surface area contributed by atoms with Crippen LogP contribution in [0.2, 0.25) is 5.02 Å². The van der Waals surface area contributed by atoms with Crippen LogP contribution in [0.1, 0.15) is 5.56 Å². The highest BCUT2D eigenvalue weighted by Crippen LogP contribution is 2.32. The highest BCUT2D eigenvalue weighted by Gasteiger charge is 2.36. The molecule has 160 valence electrons. The number of thioether (sulfide) groups is 1. The van der Waals surface area contributed by atoms with Gasteiger partial charge in [-0.15, -0.1) is 0 Å². The quantitative estimate of drug-likeness (QED) is 0.460. The Morgan fingerprint density at radius 1 is 1.23 bits per heavy atom. The average molecular weight is 459 g/mol. The number of rotatable bonds is 8. The second-order valence-corrected chi connectivity index (χ2v) is 7.73. The summed E-state index contributed by atoms with van der Waals surface area (Å²) in [6.45, 7) is 3.58. The molecule has 1 N–H and O–H groups in total. The number of benzene rings is 2. The van der Waals surface area contributed by atoms with Crippen LogP contribution in [0.5, 0.6) is 11.5 Å². The lowest BCUT2D eigenvalue weighted by atomic mass is 10.2. The first-order valence-corrected chi connectivity index (χ1v) is 10.3. The van der Waals surface area contributed by atoms with Crippen LogP contribution in [-0.4, -0.2) is 42.2 Å². The molecule has 0 atom stereocenters. The molecule has 0 saturated carbocycles. The van der Waals surface area contributed by atoms with Crippen LogP contribution >= 0.6 is 23.4 Å². The number of nitrogens with zero attached hydrogens (tertiary/aromatic N) is 1. The molecule has 1 heterocycles. The van der Waals surface area contributed by atoms with Gasteiger partial charge >= 0.3 is 0 Å². The Labute approximate surface area is 188 Å². The van der Waals surface area contributed by atoms with Gasteiger partial charge in [-0.3, -0.25) is 19.3 Å². The summed E-state index contributed by atoms with van der Waals surface area (Å²) in [5, 5.41) is 2.43. The first kappa shape index (κ1) is 22.5. The van der Waals surface area contributed by atoms with Crippen LogP contribution in [0, 0.1) is 0 Å². The summed E-state index contributed by atoms with van der Waals surface area (Å²) in [6.07, 6.45) is 3.24. The van der Waals surface area contributed by atoms with Gasteiger partial charge in [0.1, 0.15) is 24.7 Å². The number of methoxy groups -OCH3 is 1. The number of imide groups is 1. The van der Waals surface area contributed by atoms with Crippen molar-refractivity contribution in [2.75, 3.05) is 25.6 Å². The molecular weight excluding hydrogens is 440 g/mol. The van der Waals surface area contributed by atoms with Crippen molar-refractivity contribution >= 4 is 52.2 Å². The van der Waals surface area contributed by atoms with Gasteiger partial charge in [-0.05, 0) is 53.7 Å². The first-order chi connectivity index (χ1) is 14.9. The number of nitrogens with one attached hydrogen (secondary N) is 1. The third-order valence-electron chi connectivity index (χ3n) is 4.16. The van der Waals surface area contributed by atoms with Crippen molar-refractivity contribution in [2.24, 2.45) is 0 Å². The molecule has 3 rings (SSSR count). The van der Waals surface area contributed by atoms with Crippen LogP contribution in [0.15, 0.2) is 60.0 Å². The van der Waals surface area contributed by atoms with E-state index in [1.165, 1.54) is 13.2 Å². The van der Waals surface area contributed by atoms with E-state index in [0.29, 0.717) is 28.8 Å². The van der Waals surface area contributed by atoms with Gasteiger partial charge in [0.15, 0.2) is 0 Å². The molecular formula is C22H19ClN2O5S. The van der Waals surface area contributed by atoms with Crippen LogP contribution in [0.4, 0.5) is 10.5 Å². The van der Waals surface area contributed by atoms with Gasteiger partial charge in [-0.25, -0.2) is 0 Å². The second-order valence-electron chi connectivity index (χ2n) is 6.33. The number of hydrogen-bond acceptors (Lipinski definition) is 6. The topological polar surface area (TPSA) is 84.9 Å². The standard InChI is InChI=1S/C22H19ClN2O5S/c1-3-10-30-16-7-4-14(5-8-16)11-19-21(27)25(22(28)31-19)13-20(26)24-15-6-9-18(29-2)17(23)12-15/h3-9,11-12H,1,10,13H2,2H3,(H,24,26)/b19-11+. The Morgan fingerprint density at radius 3 is 2.61 bits per heavy atom. The molecule has 1 aliphatic heterocycles. The number of amides is 3. The van der Waals surface area contributed by atoms with E-state index < -0.39 is 23.6 Å². The van der Waals surface area contributed by atoms with E-state index in [1.807, 2.05) is 0 Å². The minimum absolute atomic E-state index is 0.241. The van der Waals surface area contributed by atoms with E-state index >= 15 is 0 Å². The molecule has 0 radical (unpaired) electrons. The smallest absolute Gasteiger partial charge is 0.294 e. The molecule has 1 fully saturated rings. The number of anilines is 1. The number of halogens is 1. The summed E-state index contributed by atoms with van der Waals surface area (Å²) in [5.41, 5.74) is 1.16. The minimum Gasteiger partial charge on any atom is -0.495 e. The molecule has 3 amide bonds. The number of hydrogen-bond donors (Lipinski definition) is 1. The van der Waals surface area contributed by atoms with E-state index in [4.69, 9.17) is 21.1 Å². The highest BCUT2D eigenvalue weighted by atomic mass is 35.5. The number of carbonyl (C=O) groups excluding carboxylic acids is 3. The Hall–Kier alpha value is -3.23. The fourth-order valence-electron chi connectivity index (χ4n) is 2.69. The summed E-state index contributed by atoms with van der Waals surface area (Å²) in [4.78, 5) is 38.4. The predicted octanol–water partition coefficient (Wildman–Crippen LogP) is 4.59. The van der Waals surface area contributed by atoms with E-state index in [0.717, 1.165) is 22.2 Å². The zero-order chi connectivity index (χ0) is 22.4. The highest BCUT2D eigenvalue weighted by molar-refractivity contribution is 8.18. The van der Waals surface area contributed by atoms with Gasteiger partial charge in [-0.1, -0.05) is 36.4 Å². The van der Waals surface area contributed by atoms with Gasteiger partial charge in [0, 0.05) is 5.69 Å². The van der Waals surface area contributed by atoms with E-state index in [1.54, 1.807) is 48.6 Å². The summed E-state index contributed by atoms with van der Waals surface area (Å²) >= 11 is 6.83. The fraction of sp³-hybridized carbons (Fsp3) is 0.136. The van der Waals surface area contributed by atoms with Crippen molar-refractivity contribution in [1.29, 1.82) is 0 Å². The van der Waals surface area contributed by atoms with E-state index in [2.05, 4.69) is 11.9 Å². The summed E-state index contributed by atoms with van der Waals surface area (Å²) < 4.78 is 10.5. The largest absolute Gasteiger partial charge is 0.495 e. The lowest BCUT2D eigenvalue weighted by molar-refractivity contribution is -0.127. The zero-order valence-corrected chi connectivity index (χ0v) is 18.2. The van der Waals surface area contributed by atoms with Crippen molar-refractivity contribution in [2.45, 2.75) is 0 Å². The second kappa shape index (κ2) is 10.2. The summed E-state index contributed by atoms with van der Waals surface area (Å²) in [6, 6.07) is 11.8. The molecule has 0 bridgehead atoms. The summed E-state index contributed by atoms with van der Waals surface area (Å²) in [5.74, 6) is 0.0925. The molecule has 31 heavy (non-hydrogen) atoms. The molecule has 7 nitrogen and oxygen atoms in total. The van der Waals surface area contributed by atoms with Crippen molar-refractivity contribution in [3.8, 4) is 11.5 Å². The van der Waals surface area contributed by atoms with Crippen molar-refractivity contribution in [3.63, 3.8) is 0 Å². The number of ether oxygens (including phenoxy) is 2. The third-order valence-corrected chi connectivity index (χ3v) is 5.36. The Balaban J connectivity index is 1.64. The molecule has 2 aromatic carbocycles. The Kier molecular flexibility index (Phi) is 7.38. The van der Waals surface area contributed by atoms with Gasteiger partial charge in [0.05, 0.1) is 17.0 Å². The lowest BCUT2D eigenvalue weighted by Crippen LogP contribution is -2.36. The fourth-order valence-corrected chi connectivity index (χ4v) is 3.79. The summed E-state index contributed by atoms with van der Waals surface area (Å²) in [7, 11) is 1.48. The maximum absolute atomic E-state index is 12.6. The van der Waals surface area contributed by atoms with Crippen molar-refractivity contribution in [3.05, 3.63) is 70.6 Å². The molecule has 0 unspecified atom stereocenters. The van der Waals surface area contributed by atoms with Crippen molar-refractivity contribution < 1.29 is 23.9 Å². The maximum atomic E-state index is 12.6. The number of carbonyl (C=O) groups is 3. The third kappa shape index (κ3) is 5.68. The SMILES string of the molecule is C=CCOc1ccc(/C=C2/SC(=O)N(CC(=O)Nc3ccc(OC)c(Cl)c3)C2=O)cc1. The molecule has 2 aromatic rings. The Morgan fingerprint density at radius 2 is 1.97 bits per heavy atom. The molecule has 0 aromatic heterocycles. The van der Waals surface area contributed by atoms with Crippen LogP contribution in [0.3, 0.4) is 0 Å². The monoisotopic (exact) mass is 458 g/mol. The lowest BCUT2D eigenvalue weighted by Gasteiger charge is -2.13. The van der Waals surface area contributed by atoms with Crippen LogP contribution in [0.25, 0.3) is 6.08 Å². The molecule has 1 saturated heterocycles. The normalized spacial score (nSPS) is 14.6. The van der Waals surface area contributed by atoms with Gasteiger partial charge < -0.3 is 14.8 Å².